The van der Waals surface area contributed by atoms with Crippen molar-refractivity contribution in [1.29, 1.82) is 0 Å². The molecule has 0 bridgehead atoms. The van der Waals surface area contributed by atoms with Crippen LogP contribution in [0.2, 0.25) is 0 Å². The van der Waals surface area contributed by atoms with Crippen molar-refractivity contribution in [3.63, 3.8) is 0 Å². The zero-order valence-electron chi connectivity index (χ0n) is 43.3. The summed E-state index contributed by atoms with van der Waals surface area (Å²) in [7, 11) is 3.26. The average molecular weight is 1030 g/mol. The molecule has 4 aliphatic rings. The highest BCUT2D eigenvalue weighted by Crippen LogP contribution is 2.43. The van der Waals surface area contributed by atoms with Gasteiger partial charge in [0.1, 0.15) is 17.9 Å². The number of nitrogens with zero attached hydrogens (tertiary/aromatic N) is 7. The number of carbonyl (C=O) groups excluding carboxylic acids is 4. The standard InChI is InChI=1S/C57H65N11O8/c1-56(61-25-7-8-37-11-16-47(75-3)46(32-37)67-29-22-50(72)68(55(67)74)36-60-49(71)18-17-48(58)70)23-30-65(31-24-56)40-20-27-66(28-21-40)54-62-45-15-12-38(44-34-64(2)53(73)51-42(44)19-26-59-51)33-43(45)52(63-54)57(35-69,76-41-13-14-41)39-9-5-4-6-10-39/h4-6,9-12,15-16,19,26,32-34,40-41,59,61,69H,13-14,17-18,20-25,27-31,35-36H2,1-3H3,(H2,58,70)(H,60,71)/t57-/m0/s1. The van der Waals surface area contributed by atoms with Crippen molar-refractivity contribution >= 4 is 57.2 Å². The molecule has 10 rings (SSSR count). The van der Waals surface area contributed by atoms with Crippen LogP contribution >= 0.6 is 0 Å². The number of fused-ring (bicyclic) bond motifs is 2. The van der Waals surface area contributed by atoms with Crippen molar-refractivity contribution in [2.24, 2.45) is 12.8 Å². The predicted octanol–water partition coefficient (Wildman–Crippen LogP) is 4.86. The summed E-state index contributed by atoms with van der Waals surface area (Å²) in [5.41, 5.74) is 9.34. The van der Waals surface area contributed by atoms with E-state index in [1.54, 1.807) is 29.9 Å². The monoisotopic (exact) mass is 1030 g/mol. The molecule has 5 amide bonds. The minimum atomic E-state index is -1.25. The van der Waals surface area contributed by atoms with Gasteiger partial charge in [0.25, 0.3) is 5.56 Å². The zero-order valence-corrected chi connectivity index (χ0v) is 43.3. The van der Waals surface area contributed by atoms with Gasteiger partial charge in [0.15, 0.2) is 5.60 Å². The van der Waals surface area contributed by atoms with Gasteiger partial charge in [-0.2, -0.15) is 0 Å². The summed E-state index contributed by atoms with van der Waals surface area (Å²) in [6.45, 7) is 5.64. The molecule has 3 aromatic carbocycles. The fourth-order valence-corrected chi connectivity index (χ4v) is 10.8. The normalized spacial score (nSPS) is 18.1. The van der Waals surface area contributed by atoms with E-state index >= 15 is 0 Å². The van der Waals surface area contributed by atoms with Crippen molar-refractivity contribution in [2.45, 2.75) is 88.0 Å². The van der Waals surface area contributed by atoms with E-state index < -0.39 is 29.4 Å². The number of aliphatic hydroxyl groups excluding tert-OH is 1. The van der Waals surface area contributed by atoms with Crippen LogP contribution in [0.15, 0.2) is 90.0 Å². The number of carbonyl (C=O) groups is 4. The molecular weight excluding hydrogens is 967 g/mol. The van der Waals surface area contributed by atoms with Gasteiger partial charge >= 0.3 is 6.03 Å². The number of nitrogens with two attached hydrogens (primary N) is 1. The van der Waals surface area contributed by atoms with Crippen LogP contribution in [0, 0.1) is 11.8 Å². The molecule has 19 nitrogen and oxygen atoms in total. The van der Waals surface area contributed by atoms with Crippen LogP contribution in [-0.4, -0.2) is 136 Å². The van der Waals surface area contributed by atoms with Crippen molar-refractivity contribution in [3.05, 3.63) is 112 Å². The first kappa shape index (κ1) is 51.8. The number of nitrogens with one attached hydrogen (secondary N) is 3. The van der Waals surface area contributed by atoms with Gasteiger partial charge in [-0.1, -0.05) is 48.2 Å². The third kappa shape index (κ3) is 10.8. The Bertz CT molecular complexity index is 3290. The number of primary amides is 1. The molecule has 76 heavy (non-hydrogen) atoms. The largest absolute Gasteiger partial charge is 0.495 e. The van der Waals surface area contributed by atoms with Gasteiger partial charge in [-0.3, -0.25) is 24.1 Å². The first-order valence-corrected chi connectivity index (χ1v) is 26.2. The molecule has 6 aromatic rings. The maximum atomic E-state index is 13.6. The van der Waals surface area contributed by atoms with E-state index in [0.717, 1.165) is 103 Å². The van der Waals surface area contributed by atoms with Gasteiger partial charge in [-0.05, 0) is 93.0 Å². The number of aromatic amines is 1. The summed E-state index contributed by atoms with van der Waals surface area (Å²) in [6, 6.07) is 23.1. The second-order valence-corrected chi connectivity index (χ2v) is 20.6. The van der Waals surface area contributed by atoms with Crippen LogP contribution in [0.3, 0.4) is 0 Å². The number of pyridine rings is 1. The Morgan fingerprint density at radius 1 is 0.934 bits per heavy atom. The summed E-state index contributed by atoms with van der Waals surface area (Å²) in [6.07, 6.45) is 9.02. The van der Waals surface area contributed by atoms with E-state index in [1.807, 2.05) is 60.8 Å². The van der Waals surface area contributed by atoms with Gasteiger partial charge in [0, 0.05) is 105 Å². The molecule has 3 saturated heterocycles. The molecular formula is C57H65N11O8. The lowest BCUT2D eigenvalue weighted by atomic mass is 9.87. The van der Waals surface area contributed by atoms with E-state index in [-0.39, 0.29) is 56.3 Å². The van der Waals surface area contributed by atoms with E-state index in [0.29, 0.717) is 46.7 Å². The number of amides is 5. The van der Waals surface area contributed by atoms with E-state index in [1.165, 1.54) is 12.0 Å². The number of urea groups is 1. The minimum Gasteiger partial charge on any atom is -0.495 e. The molecule has 6 heterocycles. The SMILES string of the molecule is COc1ccc(C#CCNC2(C)CCN(C3CCN(c4nc([C@@](CO)(OC5CC5)c5ccccc5)c5cc(-c6cn(C)c(=O)c7[nH]ccc67)ccc5n4)CC3)CC2)cc1N1CCC(=O)N(CNC(=O)CCC(N)=O)C1=O. The highest BCUT2D eigenvalue weighted by Gasteiger charge is 2.44. The minimum absolute atomic E-state index is 0.00685. The van der Waals surface area contributed by atoms with Crippen LogP contribution in [0.1, 0.15) is 81.5 Å². The predicted molar refractivity (Wildman–Crippen MR) is 288 cm³/mol. The molecule has 0 radical (unpaired) electrons. The Balaban J connectivity index is 0.795. The Morgan fingerprint density at radius 3 is 2.43 bits per heavy atom. The topological polar surface area (TPSA) is 234 Å². The van der Waals surface area contributed by atoms with E-state index in [2.05, 4.69) is 50.2 Å². The fraction of sp³-hybridized carbons (Fsp3) is 0.421. The first-order chi connectivity index (χ1) is 36.8. The molecule has 1 atom stereocenters. The molecule has 1 saturated carbocycles. The van der Waals surface area contributed by atoms with Gasteiger partial charge in [0.05, 0.1) is 43.3 Å². The number of H-pyrrole nitrogens is 1. The third-order valence-electron chi connectivity index (χ3n) is 15.4. The number of aliphatic hydroxyl groups is 1. The molecule has 19 heteroatoms. The van der Waals surface area contributed by atoms with Crippen LogP contribution in [0.25, 0.3) is 32.9 Å². The molecule has 0 spiro atoms. The molecule has 396 valence electrons. The summed E-state index contributed by atoms with van der Waals surface area (Å²) in [4.78, 5) is 83.7. The lowest BCUT2D eigenvalue weighted by Crippen LogP contribution is -2.55. The molecule has 0 unspecified atom stereocenters. The van der Waals surface area contributed by atoms with Crippen LogP contribution in [-0.2, 0) is 31.8 Å². The Labute approximate surface area is 440 Å². The van der Waals surface area contributed by atoms with Gasteiger partial charge in [0.2, 0.25) is 23.7 Å². The van der Waals surface area contributed by atoms with Crippen molar-refractivity contribution in [1.82, 2.24) is 40.0 Å². The highest BCUT2D eigenvalue weighted by molar-refractivity contribution is 6.06. The number of hydrogen-bond donors (Lipinski definition) is 5. The number of aryl methyl sites for hydroxylation is 1. The second kappa shape index (κ2) is 21.9. The average Bonchev–Trinajstić information content (AvgIpc) is 4.14. The van der Waals surface area contributed by atoms with Crippen LogP contribution in [0.4, 0.5) is 16.4 Å². The molecule has 6 N–H and O–H groups in total. The molecule has 3 aromatic heterocycles. The number of likely N-dealkylation sites (tertiary alicyclic amines) is 1. The van der Waals surface area contributed by atoms with Gasteiger partial charge in [-0.25, -0.2) is 19.7 Å². The second-order valence-electron chi connectivity index (χ2n) is 20.6. The lowest BCUT2D eigenvalue weighted by molar-refractivity contribution is -0.130. The first-order valence-electron chi connectivity index (χ1n) is 26.2. The Morgan fingerprint density at radius 2 is 1.71 bits per heavy atom. The van der Waals surface area contributed by atoms with Crippen molar-refractivity contribution in [3.8, 4) is 28.7 Å². The quantitative estimate of drug-likeness (QED) is 0.0770. The Hall–Kier alpha value is -7.63. The summed E-state index contributed by atoms with van der Waals surface area (Å²) in [5, 5.41) is 19.4. The van der Waals surface area contributed by atoms with Crippen LogP contribution < -0.4 is 36.5 Å². The number of imide groups is 1. The van der Waals surface area contributed by atoms with E-state index in [9.17, 15) is 29.1 Å². The maximum Gasteiger partial charge on any atom is 0.332 e. The number of ether oxygens (including phenoxy) is 2. The zero-order chi connectivity index (χ0) is 53.1. The van der Waals surface area contributed by atoms with Crippen molar-refractivity contribution < 1.29 is 33.8 Å². The number of anilines is 2. The number of piperidine rings is 2. The third-order valence-corrected chi connectivity index (χ3v) is 15.4. The highest BCUT2D eigenvalue weighted by atomic mass is 16.5. The molecule has 1 aliphatic carbocycles. The summed E-state index contributed by atoms with van der Waals surface area (Å²) >= 11 is 0. The summed E-state index contributed by atoms with van der Waals surface area (Å²) < 4.78 is 14.1. The van der Waals surface area contributed by atoms with Crippen molar-refractivity contribution in [2.75, 3.05) is 69.5 Å². The lowest BCUT2D eigenvalue weighted by Gasteiger charge is -2.45. The number of aromatic nitrogens is 4. The fourth-order valence-electron chi connectivity index (χ4n) is 10.8. The number of hydrogen-bond acceptors (Lipinski definition) is 13. The Kier molecular flexibility index (Phi) is 14.9. The summed E-state index contributed by atoms with van der Waals surface area (Å²) in [5.74, 6) is 6.01. The number of methoxy groups -OCH3 is 1. The number of benzene rings is 3. The van der Waals surface area contributed by atoms with Gasteiger partial charge in [-0.15, -0.1) is 0 Å². The maximum absolute atomic E-state index is 13.6. The molecule has 4 fully saturated rings. The van der Waals surface area contributed by atoms with Gasteiger partial charge < -0.3 is 50.3 Å². The van der Waals surface area contributed by atoms with Crippen LogP contribution in [0.5, 0.6) is 5.75 Å². The number of rotatable bonds is 17. The molecule has 3 aliphatic heterocycles. The smallest absolute Gasteiger partial charge is 0.332 e. The van der Waals surface area contributed by atoms with E-state index in [4.69, 9.17) is 25.2 Å².